The molecule has 0 aromatic carbocycles. The summed E-state index contributed by atoms with van der Waals surface area (Å²) in [5.41, 5.74) is 1.01. The third kappa shape index (κ3) is 6.18. The lowest BCUT2D eigenvalue weighted by Crippen LogP contribution is -2.47. The predicted molar refractivity (Wildman–Crippen MR) is 77.2 cm³/mol. The van der Waals surface area contributed by atoms with Gasteiger partial charge in [0.15, 0.2) is 0 Å². The Morgan fingerprint density at radius 3 is 2.89 bits per heavy atom. The first kappa shape index (κ1) is 16.1. The molecule has 0 aromatic rings. The molecule has 1 rings (SSSR count). The maximum atomic E-state index is 12.0. The number of rotatable bonds is 7. The quantitative estimate of drug-likeness (QED) is 0.677. The van der Waals surface area contributed by atoms with Gasteiger partial charge in [-0.15, -0.1) is 0 Å². The van der Waals surface area contributed by atoms with Gasteiger partial charge in [0.05, 0.1) is 19.3 Å². The van der Waals surface area contributed by atoms with Crippen molar-refractivity contribution in [3.8, 4) is 0 Å². The van der Waals surface area contributed by atoms with Crippen LogP contribution in [0.15, 0.2) is 12.2 Å². The highest BCUT2D eigenvalue weighted by Crippen LogP contribution is 2.01. The number of amides is 1. The van der Waals surface area contributed by atoms with E-state index in [1.807, 2.05) is 18.7 Å². The average molecular weight is 269 g/mol. The van der Waals surface area contributed by atoms with Crippen LogP contribution in [0.1, 0.15) is 13.8 Å². The number of ether oxygens (including phenoxy) is 1. The molecule has 1 fully saturated rings. The Morgan fingerprint density at radius 1 is 1.58 bits per heavy atom. The van der Waals surface area contributed by atoms with E-state index in [2.05, 4.69) is 23.8 Å². The molecule has 0 spiro atoms. The number of nitrogens with zero attached hydrogens (tertiary/aromatic N) is 2. The van der Waals surface area contributed by atoms with E-state index >= 15 is 0 Å². The molecule has 0 radical (unpaired) electrons. The summed E-state index contributed by atoms with van der Waals surface area (Å²) in [7, 11) is 2.09. The van der Waals surface area contributed by atoms with Crippen molar-refractivity contribution in [2.24, 2.45) is 0 Å². The molecule has 19 heavy (non-hydrogen) atoms. The summed E-state index contributed by atoms with van der Waals surface area (Å²) in [5, 5.41) is 3.19. The third-order valence-corrected chi connectivity index (χ3v) is 3.19. The van der Waals surface area contributed by atoms with Crippen molar-refractivity contribution in [1.82, 2.24) is 15.1 Å². The van der Waals surface area contributed by atoms with E-state index in [9.17, 15) is 4.79 Å². The summed E-state index contributed by atoms with van der Waals surface area (Å²) in [6.07, 6.45) is 0.183. The lowest BCUT2D eigenvalue weighted by molar-refractivity contribution is -0.129. The minimum absolute atomic E-state index is 0.120. The first-order valence-corrected chi connectivity index (χ1v) is 6.96. The molecule has 5 nitrogen and oxygen atoms in total. The molecule has 0 unspecified atom stereocenters. The Labute approximate surface area is 116 Å². The summed E-state index contributed by atoms with van der Waals surface area (Å²) in [6.45, 7) is 12.9. The van der Waals surface area contributed by atoms with Gasteiger partial charge in [-0.2, -0.15) is 0 Å². The zero-order valence-electron chi connectivity index (χ0n) is 12.4. The number of hydrogen-bond acceptors (Lipinski definition) is 4. The van der Waals surface area contributed by atoms with Crippen LogP contribution in [0.4, 0.5) is 0 Å². The fourth-order valence-corrected chi connectivity index (χ4v) is 2.14. The second-order valence-electron chi connectivity index (χ2n) is 5.25. The molecule has 1 N–H and O–H groups in total. The van der Waals surface area contributed by atoms with Crippen LogP contribution in [-0.2, 0) is 9.53 Å². The smallest absolute Gasteiger partial charge is 0.236 e. The van der Waals surface area contributed by atoms with Crippen LogP contribution in [0.2, 0.25) is 0 Å². The predicted octanol–water partition coefficient (Wildman–Crippen LogP) is 0.331. The summed E-state index contributed by atoms with van der Waals surface area (Å²) >= 11 is 0. The number of carbonyl (C=O) groups excluding carboxylic acids is 1. The van der Waals surface area contributed by atoms with Gasteiger partial charge in [0, 0.05) is 32.7 Å². The highest BCUT2D eigenvalue weighted by Gasteiger charge is 2.18. The molecule has 1 atom stereocenters. The van der Waals surface area contributed by atoms with Crippen molar-refractivity contribution in [3.05, 3.63) is 12.2 Å². The number of hydrogen-bond donors (Lipinski definition) is 1. The second kappa shape index (κ2) is 8.30. The standard InChI is InChI=1S/C14H27N3O2/c1-5-17(10-12(2)3)14(18)9-15-8-13-11-16(4)6-7-19-13/h13,15H,2,5-11H2,1,3-4H3/t13-/m1/s1. The van der Waals surface area contributed by atoms with Gasteiger partial charge in [-0.1, -0.05) is 12.2 Å². The van der Waals surface area contributed by atoms with Gasteiger partial charge in [0.25, 0.3) is 0 Å². The van der Waals surface area contributed by atoms with Gasteiger partial charge in [0.1, 0.15) is 0 Å². The summed E-state index contributed by atoms with van der Waals surface area (Å²) in [5.74, 6) is 0.120. The van der Waals surface area contributed by atoms with Crippen LogP contribution in [-0.4, -0.2) is 74.7 Å². The van der Waals surface area contributed by atoms with Gasteiger partial charge in [-0.25, -0.2) is 0 Å². The monoisotopic (exact) mass is 269 g/mol. The van der Waals surface area contributed by atoms with Crippen LogP contribution < -0.4 is 5.32 Å². The molecule has 5 heteroatoms. The second-order valence-corrected chi connectivity index (χ2v) is 5.25. The number of carbonyl (C=O) groups is 1. The maximum Gasteiger partial charge on any atom is 0.236 e. The van der Waals surface area contributed by atoms with Crippen LogP contribution in [0.25, 0.3) is 0 Å². The van der Waals surface area contributed by atoms with E-state index in [4.69, 9.17) is 4.74 Å². The number of morpholine rings is 1. The van der Waals surface area contributed by atoms with E-state index in [-0.39, 0.29) is 12.0 Å². The Kier molecular flexibility index (Phi) is 7.05. The van der Waals surface area contributed by atoms with Gasteiger partial charge in [-0.3, -0.25) is 4.79 Å². The van der Waals surface area contributed by atoms with E-state index in [1.165, 1.54) is 0 Å². The van der Waals surface area contributed by atoms with E-state index in [0.29, 0.717) is 13.1 Å². The highest BCUT2D eigenvalue weighted by molar-refractivity contribution is 5.78. The summed E-state index contributed by atoms with van der Waals surface area (Å²) in [4.78, 5) is 16.0. The number of likely N-dealkylation sites (N-methyl/N-ethyl adjacent to an activating group) is 2. The van der Waals surface area contributed by atoms with E-state index in [0.717, 1.165) is 38.4 Å². The molecule has 1 saturated heterocycles. The van der Waals surface area contributed by atoms with Gasteiger partial charge in [0.2, 0.25) is 5.91 Å². The zero-order chi connectivity index (χ0) is 14.3. The minimum atomic E-state index is 0.120. The average Bonchev–Trinajstić information content (AvgIpc) is 2.35. The van der Waals surface area contributed by atoms with Crippen molar-refractivity contribution in [1.29, 1.82) is 0 Å². The zero-order valence-corrected chi connectivity index (χ0v) is 12.4. The molecule has 0 aliphatic carbocycles. The van der Waals surface area contributed by atoms with Gasteiger partial charge < -0.3 is 19.9 Å². The fourth-order valence-electron chi connectivity index (χ4n) is 2.14. The van der Waals surface area contributed by atoms with Crippen LogP contribution >= 0.6 is 0 Å². The largest absolute Gasteiger partial charge is 0.374 e. The molecule has 0 aromatic heterocycles. The summed E-state index contributed by atoms with van der Waals surface area (Å²) in [6, 6.07) is 0. The third-order valence-electron chi connectivity index (χ3n) is 3.19. The lowest BCUT2D eigenvalue weighted by Gasteiger charge is -2.30. The van der Waals surface area contributed by atoms with Crippen molar-refractivity contribution in [2.75, 3.05) is 52.9 Å². The first-order valence-electron chi connectivity index (χ1n) is 6.96. The van der Waals surface area contributed by atoms with Crippen LogP contribution in [0.5, 0.6) is 0 Å². The van der Waals surface area contributed by atoms with Gasteiger partial charge >= 0.3 is 0 Å². The Bertz CT molecular complexity index is 307. The van der Waals surface area contributed by atoms with Crippen molar-refractivity contribution < 1.29 is 9.53 Å². The lowest BCUT2D eigenvalue weighted by atomic mass is 10.2. The van der Waals surface area contributed by atoms with Crippen molar-refractivity contribution in [2.45, 2.75) is 20.0 Å². The van der Waals surface area contributed by atoms with Crippen LogP contribution in [0, 0.1) is 0 Å². The van der Waals surface area contributed by atoms with Crippen molar-refractivity contribution >= 4 is 5.91 Å². The minimum Gasteiger partial charge on any atom is -0.374 e. The van der Waals surface area contributed by atoms with Crippen molar-refractivity contribution in [3.63, 3.8) is 0 Å². The molecule has 1 aliphatic heterocycles. The number of nitrogens with one attached hydrogen (secondary N) is 1. The normalized spacial score (nSPS) is 20.3. The maximum absolute atomic E-state index is 12.0. The highest BCUT2D eigenvalue weighted by atomic mass is 16.5. The molecular weight excluding hydrogens is 242 g/mol. The Hall–Kier alpha value is -0.910. The molecule has 0 bridgehead atoms. The molecule has 1 heterocycles. The molecule has 1 amide bonds. The molecule has 0 saturated carbocycles. The molecule has 1 aliphatic rings. The van der Waals surface area contributed by atoms with E-state index in [1.54, 1.807) is 0 Å². The first-order chi connectivity index (χ1) is 9.02. The van der Waals surface area contributed by atoms with E-state index < -0.39 is 0 Å². The Morgan fingerprint density at radius 2 is 2.32 bits per heavy atom. The SMILES string of the molecule is C=C(C)CN(CC)C(=O)CNC[C@@H]1CN(C)CCO1. The van der Waals surface area contributed by atoms with Gasteiger partial charge in [-0.05, 0) is 20.9 Å². The molecular formula is C14H27N3O2. The Balaban J connectivity index is 2.23. The summed E-state index contributed by atoms with van der Waals surface area (Å²) < 4.78 is 5.64. The topological polar surface area (TPSA) is 44.8 Å². The van der Waals surface area contributed by atoms with Crippen LogP contribution in [0.3, 0.4) is 0 Å². The fraction of sp³-hybridized carbons (Fsp3) is 0.786. The molecule has 110 valence electrons.